The summed E-state index contributed by atoms with van der Waals surface area (Å²) in [6, 6.07) is 16.4. The molecule has 0 bridgehead atoms. The van der Waals surface area contributed by atoms with Crippen molar-refractivity contribution >= 4 is 11.5 Å². The summed E-state index contributed by atoms with van der Waals surface area (Å²) in [7, 11) is 0. The standard InChI is InChI=1S/C18H14N2O/c19-10-12-6-8-14-17-13(7-9-15(21)16(12)17)18(20-14)11-4-2-1-3-5-11/h1-6,8,13,18,20H,7,9H2. The van der Waals surface area contributed by atoms with E-state index in [1.165, 1.54) is 5.56 Å². The van der Waals surface area contributed by atoms with Gasteiger partial charge in [-0.2, -0.15) is 5.26 Å². The molecular formula is C18H14N2O. The third-order valence-corrected chi connectivity index (χ3v) is 4.57. The Bertz CT molecular complexity index is 774. The highest BCUT2D eigenvalue weighted by Gasteiger charge is 2.40. The summed E-state index contributed by atoms with van der Waals surface area (Å²) in [5.41, 5.74) is 4.46. The van der Waals surface area contributed by atoms with Crippen molar-refractivity contribution in [1.82, 2.24) is 0 Å². The van der Waals surface area contributed by atoms with E-state index >= 15 is 0 Å². The summed E-state index contributed by atoms with van der Waals surface area (Å²) in [5, 5.41) is 12.8. The molecule has 3 heteroatoms. The highest BCUT2D eigenvalue weighted by atomic mass is 16.1. The first-order valence-electron chi connectivity index (χ1n) is 7.21. The number of carbonyl (C=O) groups excluding carboxylic acids is 1. The van der Waals surface area contributed by atoms with Gasteiger partial charge in [0.1, 0.15) is 0 Å². The van der Waals surface area contributed by atoms with Gasteiger partial charge < -0.3 is 5.32 Å². The second-order valence-electron chi connectivity index (χ2n) is 5.66. The Balaban J connectivity index is 1.88. The molecule has 1 aliphatic heterocycles. The monoisotopic (exact) mass is 274 g/mol. The number of nitrogens with one attached hydrogen (secondary N) is 1. The highest BCUT2D eigenvalue weighted by molar-refractivity contribution is 6.03. The zero-order valence-corrected chi connectivity index (χ0v) is 11.5. The number of benzene rings is 2. The molecule has 4 rings (SSSR count). The number of hydrogen-bond donors (Lipinski definition) is 1. The van der Waals surface area contributed by atoms with Crippen LogP contribution in [0.25, 0.3) is 0 Å². The molecule has 2 aliphatic rings. The van der Waals surface area contributed by atoms with Crippen LogP contribution in [0.15, 0.2) is 42.5 Å². The fourth-order valence-electron chi connectivity index (χ4n) is 3.66. The van der Waals surface area contributed by atoms with Gasteiger partial charge in [0, 0.05) is 23.6 Å². The van der Waals surface area contributed by atoms with Crippen LogP contribution in [-0.4, -0.2) is 5.78 Å². The fraction of sp³-hybridized carbons (Fsp3) is 0.222. The molecule has 0 aromatic heterocycles. The predicted octanol–water partition coefficient (Wildman–Crippen LogP) is 3.79. The number of nitriles is 1. The topological polar surface area (TPSA) is 52.9 Å². The van der Waals surface area contributed by atoms with Crippen molar-refractivity contribution in [2.75, 3.05) is 5.32 Å². The maximum Gasteiger partial charge on any atom is 0.164 e. The van der Waals surface area contributed by atoms with Crippen LogP contribution in [0.4, 0.5) is 5.69 Å². The molecule has 2 unspecified atom stereocenters. The van der Waals surface area contributed by atoms with E-state index in [1.807, 2.05) is 24.3 Å². The van der Waals surface area contributed by atoms with E-state index in [0.29, 0.717) is 17.5 Å². The number of anilines is 1. The van der Waals surface area contributed by atoms with Gasteiger partial charge in [0.15, 0.2) is 5.78 Å². The Hall–Kier alpha value is -2.60. The van der Waals surface area contributed by atoms with E-state index in [9.17, 15) is 10.1 Å². The van der Waals surface area contributed by atoms with E-state index in [4.69, 9.17) is 0 Å². The summed E-state index contributed by atoms with van der Waals surface area (Å²) in [6.07, 6.45) is 1.38. The lowest BCUT2D eigenvalue weighted by atomic mass is 9.77. The first-order valence-corrected chi connectivity index (χ1v) is 7.21. The first kappa shape index (κ1) is 12.2. The molecule has 0 fully saturated rings. The molecule has 0 radical (unpaired) electrons. The zero-order valence-electron chi connectivity index (χ0n) is 11.5. The molecule has 0 saturated carbocycles. The molecule has 21 heavy (non-hydrogen) atoms. The summed E-state index contributed by atoms with van der Waals surface area (Å²) in [5.74, 6) is 0.388. The first-order chi connectivity index (χ1) is 10.3. The van der Waals surface area contributed by atoms with Crippen molar-refractivity contribution in [3.05, 3.63) is 64.7 Å². The largest absolute Gasteiger partial charge is 0.377 e. The Labute approximate surface area is 123 Å². The SMILES string of the molecule is N#Cc1ccc2c3c1C(=O)CCC3C(c1ccccc1)N2. The predicted molar refractivity (Wildman–Crippen MR) is 80.3 cm³/mol. The fourth-order valence-corrected chi connectivity index (χ4v) is 3.66. The van der Waals surface area contributed by atoms with Crippen LogP contribution in [0.3, 0.4) is 0 Å². The molecular weight excluding hydrogens is 260 g/mol. The maximum atomic E-state index is 12.3. The molecule has 2 aromatic rings. The minimum atomic E-state index is 0.107. The van der Waals surface area contributed by atoms with Gasteiger partial charge in [-0.25, -0.2) is 0 Å². The lowest BCUT2D eigenvalue weighted by molar-refractivity contribution is 0.0966. The van der Waals surface area contributed by atoms with Gasteiger partial charge in [0.2, 0.25) is 0 Å². The molecule has 2 aromatic carbocycles. The molecule has 102 valence electrons. The highest BCUT2D eigenvalue weighted by Crippen LogP contribution is 2.51. The van der Waals surface area contributed by atoms with Gasteiger partial charge in [0.25, 0.3) is 0 Å². The quantitative estimate of drug-likeness (QED) is 0.860. The Morgan fingerprint density at radius 2 is 1.95 bits per heavy atom. The van der Waals surface area contributed by atoms with Crippen molar-refractivity contribution in [2.45, 2.75) is 24.8 Å². The summed E-state index contributed by atoms with van der Waals surface area (Å²) >= 11 is 0. The molecule has 0 saturated heterocycles. The maximum absolute atomic E-state index is 12.3. The smallest absolute Gasteiger partial charge is 0.164 e. The van der Waals surface area contributed by atoms with Gasteiger partial charge in [-0.3, -0.25) is 4.79 Å². The summed E-state index contributed by atoms with van der Waals surface area (Å²) < 4.78 is 0. The van der Waals surface area contributed by atoms with Crippen LogP contribution in [0, 0.1) is 11.3 Å². The number of Topliss-reactive ketones (excluding diaryl/α,β-unsaturated/α-hetero) is 1. The average molecular weight is 274 g/mol. The van der Waals surface area contributed by atoms with Crippen LogP contribution in [0.5, 0.6) is 0 Å². The van der Waals surface area contributed by atoms with Crippen LogP contribution in [0.2, 0.25) is 0 Å². The number of hydrogen-bond acceptors (Lipinski definition) is 3. The molecule has 1 aliphatic carbocycles. The molecule has 1 heterocycles. The van der Waals surface area contributed by atoms with Crippen LogP contribution in [-0.2, 0) is 0 Å². The normalized spacial score (nSPS) is 22.3. The Kier molecular flexibility index (Phi) is 2.58. The van der Waals surface area contributed by atoms with Crippen molar-refractivity contribution in [3.8, 4) is 6.07 Å². The number of rotatable bonds is 1. The lowest BCUT2D eigenvalue weighted by Crippen LogP contribution is -2.19. The molecule has 3 nitrogen and oxygen atoms in total. The summed E-state index contributed by atoms with van der Waals surface area (Å²) in [4.78, 5) is 12.3. The van der Waals surface area contributed by atoms with Crippen molar-refractivity contribution < 1.29 is 4.79 Å². The van der Waals surface area contributed by atoms with E-state index in [2.05, 4.69) is 23.5 Å². The Morgan fingerprint density at radius 3 is 2.71 bits per heavy atom. The van der Waals surface area contributed by atoms with Gasteiger partial charge in [-0.05, 0) is 29.7 Å². The van der Waals surface area contributed by atoms with Crippen LogP contribution < -0.4 is 5.32 Å². The van der Waals surface area contributed by atoms with E-state index in [1.54, 1.807) is 6.07 Å². The van der Waals surface area contributed by atoms with Crippen molar-refractivity contribution in [2.24, 2.45) is 0 Å². The van der Waals surface area contributed by atoms with Crippen LogP contribution in [0.1, 0.15) is 51.8 Å². The molecule has 2 atom stereocenters. The van der Waals surface area contributed by atoms with Gasteiger partial charge in [-0.1, -0.05) is 30.3 Å². The second-order valence-corrected chi connectivity index (χ2v) is 5.66. The van der Waals surface area contributed by atoms with E-state index in [-0.39, 0.29) is 17.7 Å². The number of nitrogens with zero attached hydrogens (tertiary/aromatic N) is 1. The van der Waals surface area contributed by atoms with Gasteiger partial charge in [-0.15, -0.1) is 0 Å². The van der Waals surface area contributed by atoms with E-state index < -0.39 is 0 Å². The third-order valence-electron chi connectivity index (χ3n) is 4.57. The Morgan fingerprint density at radius 1 is 1.14 bits per heavy atom. The summed E-state index contributed by atoms with van der Waals surface area (Å²) in [6.45, 7) is 0. The van der Waals surface area contributed by atoms with Gasteiger partial charge >= 0.3 is 0 Å². The molecule has 1 N–H and O–H groups in total. The number of carbonyl (C=O) groups is 1. The number of ketones is 1. The minimum absolute atomic E-state index is 0.107. The van der Waals surface area contributed by atoms with Crippen molar-refractivity contribution in [1.29, 1.82) is 5.26 Å². The van der Waals surface area contributed by atoms with E-state index in [0.717, 1.165) is 17.7 Å². The minimum Gasteiger partial charge on any atom is -0.377 e. The lowest BCUT2D eigenvalue weighted by Gasteiger charge is -2.25. The second kappa shape index (κ2) is 4.46. The molecule has 0 amide bonds. The van der Waals surface area contributed by atoms with Crippen molar-refractivity contribution in [3.63, 3.8) is 0 Å². The third kappa shape index (κ3) is 1.69. The average Bonchev–Trinajstić information content (AvgIpc) is 2.91. The molecule has 0 spiro atoms. The zero-order chi connectivity index (χ0) is 14.4. The van der Waals surface area contributed by atoms with Crippen LogP contribution >= 0.6 is 0 Å². The van der Waals surface area contributed by atoms with Gasteiger partial charge in [0.05, 0.1) is 17.7 Å².